The molecule has 0 aliphatic carbocycles. The Labute approximate surface area is 110 Å². The van der Waals surface area contributed by atoms with Crippen LogP contribution in [0.5, 0.6) is 0 Å². The molecule has 18 heavy (non-hydrogen) atoms. The number of carbonyl (C=O) groups is 2. The van der Waals surface area contributed by atoms with Crippen LogP contribution in [0.2, 0.25) is 0 Å². The molecule has 1 rings (SSSR count). The second-order valence-electron chi connectivity index (χ2n) is 3.64. The van der Waals surface area contributed by atoms with Gasteiger partial charge in [-0.2, -0.15) is 0 Å². The molecule has 2 N–H and O–H groups in total. The molecule has 0 aromatic carbocycles. The zero-order valence-electron chi connectivity index (χ0n) is 10.5. The maximum atomic E-state index is 11.5. The molecule has 0 aliphatic rings. The Morgan fingerprint density at radius 1 is 1.50 bits per heavy atom. The van der Waals surface area contributed by atoms with Gasteiger partial charge < -0.3 is 10.1 Å². The third-order valence-electron chi connectivity index (χ3n) is 2.14. The Kier molecular flexibility index (Phi) is 6.13. The summed E-state index contributed by atoms with van der Waals surface area (Å²) in [5, 5.41) is 7.43. The predicted octanol–water partition coefficient (Wildman–Crippen LogP) is 1.78. The van der Waals surface area contributed by atoms with Crippen LogP contribution in [0.25, 0.3) is 0 Å². The third kappa shape index (κ3) is 5.13. The molecule has 0 aliphatic heterocycles. The van der Waals surface area contributed by atoms with E-state index >= 15 is 0 Å². The summed E-state index contributed by atoms with van der Waals surface area (Å²) in [6.07, 6.45) is 1.67. The van der Waals surface area contributed by atoms with Gasteiger partial charge in [0.15, 0.2) is 5.13 Å². The first-order valence-corrected chi connectivity index (χ1v) is 6.59. The fraction of sp³-hybridized carbons (Fsp3) is 0.545. The monoisotopic (exact) mass is 271 g/mol. The van der Waals surface area contributed by atoms with Crippen LogP contribution >= 0.6 is 11.3 Å². The third-order valence-corrected chi connectivity index (χ3v) is 2.95. The summed E-state index contributed by atoms with van der Waals surface area (Å²) in [5.41, 5.74) is 0.639. The van der Waals surface area contributed by atoms with Crippen molar-refractivity contribution in [2.75, 3.05) is 19.0 Å². The van der Waals surface area contributed by atoms with Crippen molar-refractivity contribution in [1.82, 2.24) is 10.3 Å². The fourth-order valence-corrected chi connectivity index (χ4v) is 1.91. The number of hydrogen-bond acceptors (Lipinski definition) is 5. The van der Waals surface area contributed by atoms with Gasteiger partial charge in [0.25, 0.3) is 0 Å². The number of carbonyl (C=O) groups excluding carboxylic acids is 2. The number of hydrogen-bond donors (Lipinski definition) is 2. The highest BCUT2D eigenvalue weighted by Crippen LogP contribution is 2.15. The molecule has 0 saturated heterocycles. The van der Waals surface area contributed by atoms with E-state index in [4.69, 9.17) is 0 Å². The van der Waals surface area contributed by atoms with Gasteiger partial charge in [-0.05, 0) is 6.42 Å². The largest absolute Gasteiger partial charge is 0.453 e. The molecule has 0 bridgehead atoms. The molecule has 0 spiro atoms. The maximum Gasteiger partial charge on any atom is 0.413 e. The van der Waals surface area contributed by atoms with Gasteiger partial charge in [-0.15, -0.1) is 11.3 Å². The molecule has 0 fully saturated rings. The van der Waals surface area contributed by atoms with Crippen LogP contribution in [0.3, 0.4) is 0 Å². The number of methoxy groups -OCH3 is 1. The van der Waals surface area contributed by atoms with Crippen LogP contribution in [-0.4, -0.2) is 30.6 Å². The molecule has 0 saturated carbocycles. The van der Waals surface area contributed by atoms with Crippen molar-refractivity contribution in [3.63, 3.8) is 0 Å². The lowest BCUT2D eigenvalue weighted by Gasteiger charge is -2.02. The lowest BCUT2D eigenvalue weighted by Crippen LogP contribution is -2.26. The highest BCUT2D eigenvalue weighted by molar-refractivity contribution is 7.13. The quantitative estimate of drug-likeness (QED) is 0.773. The Balaban J connectivity index is 2.38. The number of nitrogens with one attached hydrogen (secondary N) is 2. The Hall–Kier alpha value is -1.63. The lowest BCUT2D eigenvalue weighted by atomic mass is 10.3. The number of thiazole rings is 1. The average molecular weight is 271 g/mol. The molecule has 1 aromatic rings. The van der Waals surface area contributed by atoms with E-state index in [1.54, 1.807) is 5.38 Å². The first-order chi connectivity index (χ1) is 8.65. The van der Waals surface area contributed by atoms with Gasteiger partial charge in [0, 0.05) is 11.9 Å². The molecule has 7 heteroatoms. The van der Waals surface area contributed by atoms with Crippen molar-refractivity contribution in [2.45, 2.75) is 26.2 Å². The van der Waals surface area contributed by atoms with Crippen molar-refractivity contribution in [3.05, 3.63) is 11.1 Å². The SMILES string of the molecule is CCCCNC(=O)Cc1csc(NC(=O)OC)n1. The van der Waals surface area contributed by atoms with Crippen LogP contribution in [-0.2, 0) is 16.0 Å². The summed E-state index contributed by atoms with van der Waals surface area (Å²) in [4.78, 5) is 26.6. The van der Waals surface area contributed by atoms with Crippen LogP contribution in [0.4, 0.5) is 9.93 Å². The molecule has 0 unspecified atom stereocenters. The standard InChI is InChI=1S/C11H17N3O3S/c1-3-4-5-12-9(15)6-8-7-18-10(13-8)14-11(16)17-2/h7H,3-6H2,1-2H3,(H,12,15)(H,13,14,16). The van der Waals surface area contributed by atoms with Crippen LogP contribution in [0.15, 0.2) is 5.38 Å². The van der Waals surface area contributed by atoms with Crippen molar-refractivity contribution in [3.8, 4) is 0 Å². The van der Waals surface area contributed by atoms with Gasteiger partial charge in [-0.1, -0.05) is 13.3 Å². The summed E-state index contributed by atoms with van der Waals surface area (Å²) in [7, 11) is 1.28. The Morgan fingerprint density at radius 2 is 2.28 bits per heavy atom. The zero-order valence-corrected chi connectivity index (χ0v) is 11.3. The molecule has 0 radical (unpaired) electrons. The minimum atomic E-state index is -0.566. The second kappa shape index (κ2) is 7.65. The molecule has 1 heterocycles. The maximum absolute atomic E-state index is 11.5. The summed E-state index contributed by atoms with van der Waals surface area (Å²) in [5.74, 6) is -0.0571. The molecule has 2 amide bonds. The van der Waals surface area contributed by atoms with E-state index in [1.165, 1.54) is 18.4 Å². The smallest absolute Gasteiger partial charge is 0.413 e. The summed E-state index contributed by atoms with van der Waals surface area (Å²) in [6, 6.07) is 0. The lowest BCUT2D eigenvalue weighted by molar-refractivity contribution is -0.120. The van der Waals surface area contributed by atoms with Crippen molar-refractivity contribution in [1.29, 1.82) is 0 Å². The van der Waals surface area contributed by atoms with E-state index in [0.29, 0.717) is 17.4 Å². The molecular weight excluding hydrogens is 254 g/mol. The molecule has 6 nitrogen and oxygen atoms in total. The highest BCUT2D eigenvalue weighted by atomic mass is 32.1. The topological polar surface area (TPSA) is 80.3 Å². The number of amides is 2. The van der Waals surface area contributed by atoms with E-state index in [2.05, 4.69) is 27.3 Å². The second-order valence-corrected chi connectivity index (χ2v) is 4.50. The Bertz CT molecular complexity index is 406. The van der Waals surface area contributed by atoms with E-state index in [0.717, 1.165) is 12.8 Å². The van der Waals surface area contributed by atoms with E-state index in [1.807, 2.05) is 0 Å². The van der Waals surface area contributed by atoms with Crippen LogP contribution in [0, 0.1) is 0 Å². The molecule has 1 aromatic heterocycles. The minimum absolute atomic E-state index is 0.0571. The van der Waals surface area contributed by atoms with E-state index in [-0.39, 0.29) is 12.3 Å². The van der Waals surface area contributed by atoms with Gasteiger partial charge >= 0.3 is 6.09 Å². The molecule has 100 valence electrons. The number of nitrogens with zero attached hydrogens (tertiary/aromatic N) is 1. The highest BCUT2D eigenvalue weighted by Gasteiger charge is 2.09. The van der Waals surface area contributed by atoms with Gasteiger partial charge in [-0.3, -0.25) is 10.1 Å². The van der Waals surface area contributed by atoms with Gasteiger partial charge in [0.1, 0.15) is 0 Å². The summed E-state index contributed by atoms with van der Waals surface area (Å²) >= 11 is 1.26. The van der Waals surface area contributed by atoms with Crippen molar-refractivity contribution >= 4 is 28.5 Å². The average Bonchev–Trinajstić information content (AvgIpc) is 2.76. The van der Waals surface area contributed by atoms with Gasteiger partial charge in [0.2, 0.25) is 5.91 Å². The zero-order chi connectivity index (χ0) is 13.4. The van der Waals surface area contributed by atoms with Gasteiger partial charge in [-0.25, -0.2) is 9.78 Å². The van der Waals surface area contributed by atoms with E-state index in [9.17, 15) is 9.59 Å². The Morgan fingerprint density at radius 3 is 2.94 bits per heavy atom. The summed E-state index contributed by atoms with van der Waals surface area (Å²) < 4.78 is 4.45. The number of unbranched alkanes of at least 4 members (excludes halogenated alkanes) is 1. The number of rotatable bonds is 6. The van der Waals surface area contributed by atoms with Crippen molar-refractivity contribution in [2.24, 2.45) is 0 Å². The first-order valence-electron chi connectivity index (χ1n) is 5.71. The molecular formula is C11H17N3O3S. The van der Waals surface area contributed by atoms with E-state index < -0.39 is 6.09 Å². The van der Waals surface area contributed by atoms with Crippen molar-refractivity contribution < 1.29 is 14.3 Å². The normalized spacial score (nSPS) is 9.89. The first kappa shape index (κ1) is 14.4. The number of anilines is 1. The molecule has 0 atom stereocenters. The minimum Gasteiger partial charge on any atom is -0.453 e. The van der Waals surface area contributed by atoms with Gasteiger partial charge in [0.05, 0.1) is 19.2 Å². The summed E-state index contributed by atoms with van der Waals surface area (Å²) in [6.45, 7) is 2.75. The number of aromatic nitrogens is 1. The predicted molar refractivity (Wildman–Crippen MR) is 69.8 cm³/mol. The number of ether oxygens (including phenoxy) is 1. The van der Waals surface area contributed by atoms with Crippen LogP contribution in [0.1, 0.15) is 25.5 Å². The van der Waals surface area contributed by atoms with Crippen LogP contribution < -0.4 is 10.6 Å². The fourth-order valence-electron chi connectivity index (χ4n) is 1.22.